The molecule has 1 aromatic heterocycles. The van der Waals surface area contributed by atoms with E-state index in [1.807, 2.05) is 18.2 Å². The first-order valence-corrected chi connectivity index (χ1v) is 8.12. The van der Waals surface area contributed by atoms with Crippen molar-refractivity contribution in [1.29, 1.82) is 0 Å². The van der Waals surface area contributed by atoms with Gasteiger partial charge < -0.3 is 23.8 Å². The lowest BCUT2D eigenvalue weighted by molar-refractivity contribution is 0.0677. The molecule has 0 fully saturated rings. The number of rotatable bonds is 9. The van der Waals surface area contributed by atoms with E-state index in [2.05, 4.69) is 4.98 Å². The summed E-state index contributed by atoms with van der Waals surface area (Å²) in [5, 5.41) is 0. The first-order valence-electron chi connectivity index (χ1n) is 8.12. The summed E-state index contributed by atoms with van der Waals surface area (Å²) in [5.41, 5.74) is 1.23. The predicted molar refractivity (Wildman–Crippen MR) is 97.0 cm³/mol. The van der Waals surface area contributed by atoms with Crippen molar-refractivity contribution in [3.8, 4) is 17.2 Å². The van der Waals surface area contributed by atoms with Crippen molar-refractivity contribution in [2.75, 3.05) is 41.6 Å². The number of ether oxygens (including phenoxy) is 4. The van der Waals surface area contributed by atoms with Crippen molar-refractivity contribution >= 4 is 5.91 Å². The molecule has 140 valence electrons. The van der Waals surface area contributed by atoms with Gasteiger partial charge in [0.05, 0.1) is 40.2 Å². The van der Waals surface area contributed by atoms with Gasteiger partial charge >= 0.3 is 0 Å². The lowest BCUT2D eigenvalue weighted by atomic mass is 10.1. The molecule has 0 aliphatic carbocycles. The molecule has 0 atom stereocenters. The highest BCUT2D eigenvalue weighted by atomic mass is 16.5. The van der Waals surface area contributed by atoms with E-state index < -0.39 is 0 Å². The number of methoxy groups -OCH3 is 4. The van der Waals surface area contributed by atoms with Crippen LogP contribution < -0.4 is 14.2 Å². The van der Waals surface area contributed by atoms with E-state index in [0.717, 1.165) is 5.69 Å². The van der Waals surface area contributed by atoms with E-state index in [1.165, 1.54) is 21.3 Å². The molecule has 7 nitrogen and oxygen atoms in total. The van der Waals surface area contributed by atoms with Crippen LogP contribution in [0, 0.1) is 0 Å². The maximum Gasteiger partial charge on any atom is 0.254 e. The van der Waals surface area contributed by atoms with Crippen LogP contribution in [-0.2, 0) is 11.3 Å². The Hall–Kier alpha value is -2.80. The van der Waals surface area contributed by atoms with Crippen LogP contribution in [-0.4, -0.2) is 57.4 Å². The van der Waals surface area contributed by atoms with E-state index in [4.69, 9.17) is 18.9 Å². The van der Waals surface area contributed by atoms with E-state index in [-0.39, 0.29) is 5.91 Å². The molecule has 1 aromatic carbocycles. The van der Waals surface area contributed by atoms with Gasteiger partial charge in [0.15, 0.2) is 11.5 Å². The number of benzene rings is 1. The number of aromatic nitrogens is 1. The van der Waals surface area contributed by atoms with Gasteiger partial charge in [-0.2, -0.15) is 0 Å². The van der Waals surface area contributed by atoms with Gasteiger partial charge in [0.2, 0.25) is 5.75 Å². The number of nitrogens with zero attached hydrogens (tertiary/aromatic N) is 2. The summed E-state index contributed by atoms with van der Waals surface area (Å²) in [5.74, 6) is 1.13. The summed E-state index contributed by atoms with van der Waals surface area (Å²) in [6, 6.07) is 8.89. The summed E-state index contributed by atoms with van der Waals surface area (Å²) < 4.78 is 21.1. The quantitative estimate of drug-likeness (QED) is 0.684. The molecule has 0 aliphatic rings. The Morgan fingerprint density at radius 1 is 1.04 bits per heavy atom. The van der Waals surface area contributed by atoms with Gasteiger partial charge in [-0.15, -0.1) is 0 Å². The van der Waals surface area contributed by atoms with Crippen LogP contribution in [0.15, 0.2) is 36.5 Å². The number of hydrogen-bond donors (Lipinski definition) is 0. The number of amides is 1. The van der Waals surface area contributed by atoms with Gasteiger partial charge in [-0.25, -0.2) is 0 Å². The highest BCUT2D eigenvalue weighted by Gasteiger charge is 2.21. The van der Waals surface area contributed by atoms with Crippen molar-refractivity contribution in [2.45, 2.75) is 6.54 Å². The molecule has 1 heterocycles. The van der Waals surface area contributed by atoms with E-state index >= 15 is 0 Å². The zero-order valence-corrected chi connectivity index (χ0v) is 15.5. The largest absolute Gasteiger partial charge is 0.493 e. The zero-order valence-electron chi connectivity index (χ0n) is 15.5. The van der Waals surface area contributed by atoms with Gasteiger partial charge in [0, 0.05) is 25.4 Å². The molecule has 0 aliphatic heterocycles. The number of carbonyl (C=O) groups is 1. The summed E-state index contributed by atoms with van der Waals surface area (Å²) in [4.78, 5) is 19.0. The fourth-order valence-electron chi connectivity index (χ4n) is 2.53. The molecule has 1 amide bonds. The van der Waals surface area contributed by atoms with Crippen molar-refractivity contribution < 1.29 is 23.7 Å². The second-order valence-electron chi connectivity index (χ2n) is 5.45. The SMILES string of the molecule is COCCN(Cc1ccccn1)C(=O)c1cc(OC)c(OC)c(OC)c1. The van der Waals surface area contributed by atoms with Crippen molar-refractivity contribution in [3.05, 3.63) is 47.8 Å². The minimum Gasteiger partial charge on any atom is -0.493 e. The number of carbonyl (C=O) groups excluding carboxylic acids is 1. The Bertz CT molecular complexity index is 696. The van der Waals surface area contributed by atoms with Crippen LogP contribution in [0.1, 0.15) is 16.1 Å². The molecule has 0 saturated carbocycles. The van der Waals surface area contributed by atoms with Gasteiger partial charge in [-0.05, 0) is 24.3 Å². The Labute approximate surface area is 153 Å². The third-order valence-electron chi connectivity index (χ3n) is 3.84. The Morgan fingerprint density at radius 3 is 2.23 bits per heavy atom. The lowest BCUT2D eigenvalue weighted by Gasteiger charge is -2.23. The third-order valence-corrected chi connectivity index (χ3v) is 3.84. The average Bonchev–Trinajstić information content (AvgIpc) is 2.70. The van der Waals surface area contributed by atoms with Gasteiger partial charge in [0.25, 0.3) is 5.91 Å². The monoisotopic (exact) mass is 360 g/mol. The first kappa shape index (κ1) is 19.5. The second-order valence-corrected chi connectivity index (χ2v) is 5.45. The Morgan fingerprint density at radius 2 is 1.73 bits per heavy atom. The van der Waals surface area contributed by atoms with Crippen molar-refractivity contribution in [2.24, 2.45) is 0 Å². The van der Waals surface area contributed by atoms with Crippen LogP contribution in [0.25, 0.3) is 0 Å². The normalized spacial score (nSPS) is 10.3. The lowest BCUT2D eigenvalue weighted by Crippen LogP contribution is -2.33. The fourth-order valence-corrected chi connectivity index (χ4v) is 2.53. The minimum absolute atomic E-state index is 0.174. The maximum atomic E-state index is 13.1. The smallest absolute Gasteiger partial charge is 0.254 e. The van der Waals surface area contributed by atoms with Crippen molar-refractivity contribution in [3.63, 3.8) is 0 Å². The highest BCUT2D eigenvalue weighted by molar-refractivity contribution is 5.95. The van der Waals surface area contributed by atoms with Crippen LogP contribution in [0.5, 0.6) is 17.2 Å². The van der Waals surface area contributed by atoms with Crippen LogP contribution in [0.3, 0.4) is 0 Å². The minimum atomic E-state index is -0.174. The molecule has 0 bridgehead atoms. The van der Waals surface area contributed by atoms with Crippen molar-refractivity contribution in [1.82, 2.24) is 9.88 Å². The Kier molecular flexibility index (Phi) is 7.23. The van der Waals surface area contributed by atoms with Crippen LogP contribution >= 0.6 is 0 Å². The first-order chi connectivity index (χ1) is 12.6. The van der Waals surface area contributed by atoms with E-state index in [1.54, 1.807) is 30.3 Å². The standard InChI is InChI=1S/C19H24N2O5/c1-23-10-9-21(13-15-7-5-6-8-20-15)19(22)14-11-16(24-2)18(26-4)17(12-14)25-3/h5-8,11-12H,9-10,13H2,1-4H3. The third kappa shape index (κ3) is 4.64. The van der Waals surface area contributed by atoms with Crippen LogP contribution in [0.2, 0.25) is 0 Å². The molecule has 2 rings (SSSR count). The summed E-state index contributed by atoms with van der Waals surface area (Å²) >= 11 is 0. The summed E-state index contributed by atoms with van der Waals surface area (Å²) in [6.45, 7) is 1.23. The van der Waals surface area contributed by atoms with Gasteiger partial charge in [-0.3, -0.25) is 9.78 Å². The molecule has 0 spiro atoms. The van der Waals surface area contributed by atoms with Crippen LogP contribution in [0.4, 0.5) is 0 Å². The Balaban J connectivity index is 2.34. The molecule has 7 heteroatoms. The fraction of sp³-hybridized carbons (Fsp3) is 0.368. The van der Waals surface area contributed by atoms with Gasteiger partial charge in [0.1, 0.15) is 0 Å². The molecular weight excluding hydrogens is 336 g/mol. The van der Waals surface area contributed by atoms with E-state index in [9.17, 15) is 4.79 Å². The number of hydrogen-bond acceptors (Lipinski definition) is 6. The maximum absolute atomic E-state index is 13.1. The molecule has 26 heavy (non-hydrogen) atoms. The molecular formula is C19H24N2O5. The summed E-state index contributed by atoms with van der Waals surface area (Å²) in [7, 11) is 6.15. The molecule has 2 aromatic rings. The molecule has 0 N–H and O–H groups in total. The van der Waals surface area contributed by atoms with E-state index in [0.29, 0.717) is 42.5 Å². The highest BCUT2D eigenvalue weighted by Crippen LogP contribution is 2.38. The summed E-state index contributed by atoms with van der Waals surface area (Å²) in [6.07, 6.45) is 1.70. The molecule has 0 unspecified atom stereocenters. The molecule has 0 saturated heterocycles. The zero-order chi connectivity index (χ0) is 18.9. The average molecular weight is 360 g/mol. The molecule has 0 radical (unpaired) electrons. The second kappa shape index (κ2) is 9.62. The van der Waals surface area contributed by atoms with Gasteiger partial charge in [-0.1, -0.05) is 6.07 Å². The predicted octanol–water partition coefficient (Wildman–Crippen LogP) is 2.40. The number of pyridine rings is 1. The topological polar surface area (TPSA) is 70.1 Å².